The molecule has 0 saturated heterocycles. The smallest absolute Gasteiger partial charge is 0.266 e. The van der Waals surface area contributed by atoms with E-state index in [0.717, 1.165) is 43.5 Å². The Balaban J connectivity index is 2.09. The molecule has 1 heterocycles. The summed E-state index contributed by atoms with van der Waals surface area (Å²) >= 11 is 0. The highest BCUT2D eigenvalue weighted by Gasteiger charge is 2.26. The van der Waals surface area contributed by atoms with E-state index in [-0.39, 0.29) is 17.5 Å². The van der Waals surface area contributed by atoms with Crippen molar-refractivity contribution in [2.24, 2.45) is 0 Å². The molecule has 6 heteroatoms. The molecule has 0 aliphatic heterocycles. The predicted octanol–water partition coefficient (Wildman–Crippen LogP) is 5.12. The molecular formula is C28H38N4O2. The molecule has 1 aromatic heterocycles. The van der Waals surface area contributed by atoms with E-state index in [1.165, 1.54) is 0 Å². The van der Waals surface area contributed by atoms with Crippen molar-refractivity contribution in [1.82, 2.24) is 19.4 Å². The van der Waals surface area contributed by atoms with Gasteiger partial charge < -0.3 is 9.80 Å². The Labute approximate surface area is 203 Å². The van der Waals surface area contributed by atoms with Crippen molar-refractivity contribution >= 4 is 16.8 Å². The normalized spacial score (nSPS) is 12.3. The van der Waals surface area contributed by atoms with Crippen molar-refractivity contribution in [2.45, 2.75) is 58.9 Å². The third-order valence-corrected chi connectivity index (χ3v) is 6.26. The second-order valence-electron chi connectivity index (χ2n) is 9.34. The molecule has 2 aromatic carbocycles. The van der Waals surface area contributed by atoms with Crippen molar-refractivity contribution in [2.75, 3.05) is 27.2 Å². The second kappa shape index (κ2) is 11.9. The topological polar surface area (TPSA) is 58.4 Å². The number of amides is 1. The summed E-state index contributed by atoms with van der Waals surface area (Å²) in [6.07, 6.45) is 4.73. The van der Waals surface area contributed by atoms with Crippen LogP contribution >= 0.6 is 0 Å². The molecule has 6 nitrogen and oxygen atoms in total. The van der Waals surface area contributed by atoms with E-state index in [0.29, 0.717) is 29.7 Å². The Morgan fingerprint density at radius 3 is 2.50 bits per heavy atom. The fourth-order valence-electron chi connectivity index (χ4n) is 4.27. The van der Waals surface area contributed by atoms with Crippen LogP contribution in [0, 0.1) is 6.92 Å². The summed E-state index contributed by atoms with van der Waals surface area (Å²) in [6.45, 7) is 7.49. The van der Waals surface area contributed by atoms with Crippen LogP contribution in [-0.2, 0) is 4.79 Å². The maximum atomic E-state index is 13.7. The average molecular weight is 463 g/mol. The number of carbonyl (C=O) groups excluding carboxylic acids is 1. The monoisotopic (exact) mass is 462 g/mol. The minimum atomic E-state index is -0.351. The Kier molecular flexibility index (Phi) is 8.99. The van der Waals surface area contributed by atoms with E-state index >= 15 is 0 Å². The van der Waals surface area contributed by atoms with Gasteiger partial charge in [0.15, 0.2) is 0 Å². The SMILES string of the molecule is CCCCCCC(=O)N(CCN(C)C)C(C)c1nc2ccccc2c(=O)n1-c1cccc(C)c1. The maximum Gasteiger partial charge on any atom is 0.266 e. The number of para-hydroxylation sites is 1. The van der Waals surface area contributed by atoms with Crippen LogP contribution in [0.2, 0.25) is 0 Å². The van der Waals surface area contributed by atoms with Gasteiger partial charge in [-0.3, -0.25) is 14.2 Å². The summed E-state index contributed by atoms with van der Waals surface area (Å²) in [5, 5.41) is 0.575. The van der Waals surface area contributed by atoms with Gasteiger partial charge in [-0.25, -0.2) is 4.98 Å². The first kappa shape index (κ1) is 25.6. The molecule has 0 saturated carbocycles. The Bertz CT molecular complexity index is 1170. The zero-order chi connectivity index (χ0) is 24.7. The van der Waals surface area contributed by atoms with Crippen molar-refractivity contribution in [3.05, 3.63) is 70.3 Å². The molecule has 0 N–H and O–H groups in total. The Hall–Kier alpha value is -2.99. The molecule has 0 spiro atoms. The summed E-state index contributed by atoms with van der Waals surface area (Å²) in [4.78, 5) is 36.0. The van der Waals surface area contributed by atoms with Gasteiger partial charge in [0.25, 0.3) is 5.56 Å². The third kappa shape index (κ3) is 6.11. The van der Waals surface area contributed by atoms with Gasteiger partial charge in [0, 0.05) is 19.5 Å². The van der Waals surface area contributed by atoms with Gasteiger partial charge in [-0.05, 0) is 64.2 Å². The Morgan fingerprint density at radius 2 is 1.79 bits per heavy atom. The van der Waals surface area contributed by atoms with E-state index in [4.69, 9.17) is 4.98 Å². The van der Waals surface area contributed by atoms with Crippen LogP contribution in [0.3, 0.4) is 0 Å². The fraction of sp³-hybridized carbons (Fsp3) is 0.464. The standard InChI is InChI=1S/C28H38N4O2/c1-6-7-8-9-17-26(33)31(19-18-30(4)5)22(3)27-29-25-16-11-10-15-24(25)28(34)32(27)23-14-12-13-21(2)20-23/h10-16,20,22H,6-9,17-19H2,1-5H3. The molecule has 1 amide bonds. The number of nitrogens with zero attached hydrogens (tertiary/aromatic N) is 4. The van der Waals surface area contributed by atoms with Crippen LogP contribution in [0.4, 0.5) is 0 Å². The van der Waals surface area contributed by atoms with Crippen LogP contribution in [0.15, 0.2) is 53.3 Å². The minimum Gasteiger partial charge on any atom is -0.331 e. The summed E-state index contributed by atoms with van der Waals surface area (Å²) in [5.41, 5.74) is 2.38. The van der Waals surface area contributed by atoms with E-state index in [9.17, 15) is 9.59 Å². The van der Waals surface area contributed by atoms with Crippen LogP contribution in [-0.4, -0.2) is 52.4 Å². The number of benzene rings is 2. The first-order chi connectivity index (χ1) is 16.3. The third-order valence-electron chi connectivity index (χ3n) is 6.26. The zero-order valence-corrected chi connectivity index (χ0v) is 21.3. The van der Waals surface area contributed by atoms with Gasteiger partial charge >= 0.3 is 0 Å². The van der Waals surface area contributed by atoms with Gasteiger partial charge in [-0.15, -0.1) is 0 Å². The highest BCUT2D eigenvalue weighted by atomic mass is 16.2. The van der Waals surface area contributed by atoms with Crippen molar-refractivity contribution in [1.29, 1.82) is 0 Å². The molecule has 3 rings (SSSR count). The number of rotatable bonds is 11. The van der Waals surface area contributed by atoms with Crippen LogP contribution in [0.5, 0.6) is 0 Å². The highest BCUT2D eigenvalue weighted by Crippen LogP contribution is 2.24. The van der Waals surface area contributed by atoms with E-state index < -0.39 is 0 Å². The molecule has 1 atom stereocenters. The van der Waals surface area contributed by atoms with Crippen LogP contribution in [0.25, 0.3) is 16.6 Å². The second-order valence-corrected chi connectivity index (χ2v) is 9.34. The van der Waals surface area contributed by atoms with Crippen molar-refractivity contribution in [3.8, 4) is 5.69 Å². The van der Waals surface area contributed by atoms with Gasteiger partial charge in [0.2, 0.25) is 5.91 Å². The van der Waals surface area contributed by atoms with Crippen LogP contribution in [0.1, 0.15) is 63.4 Å². The number of aryl methyl sites for hydroxylation is 1. The quantitative estimate of drug-likeness (QED) is 0.371. The maximum absolute atomic E-state index is 13.7. The molecule has 0 bridgehead atoms. The predicted molar refractivity (Wildman–Crippen MR) is 140 cm³/mol. The number of aromatic nitrogens is 2. The number of carbonyl (C=O) groups is 1. The summed E-state index contributed by atoms with van der Waals surface area (Å²) in [6, 6.07) is 15.0. The van der Waals surface area contributed by atoms with Gasteiger partial charge in [0.05, 0.1) is 22.6 Å². The molecule has 34 heavy (non-hydrogen) atoms. The summed E-state index contributed by atoms with van der Waals surface area (Å²) in [5.74, 6) is 0.707. The molecule has 0 fully saturated rings. The minimum absolute atomic E-state index is 0.110. The van der Waals surface area contributed by atoms with Gasteiger partial charge in [0.1, 0.15) is 5.82 Å². The Morgan fingerprint density at radius 1 is 1.03 bits per heavy atom. The number of unbranched alkanes of at least 4 members (excludes halogenated alkanes) is 3. The fourth-order valence-corrected chi connectivity index (χ4v) is 4.27. The number of hydrogen-bond acceptors (Lipinski definition) is 4. The lowest BCUT2D eigenvalue weighted by molar-refractivity contribution is -0.133. The largest absolute Gasteiger partial charge is 0.331 e. The molecule has 0 aliphatic carbocycles. The lowest BCUT2D eigenvalue weighted by Crippen LogP contribution is -2.40. The van der Waals surface area contributed by atoms with Gasteiger partial charge in [-0.2, -0.15) is 0 Å². The lowest BCUT2D eigenvalue weighted by atomic mass is 10.1. The zero-order valence-electron chi connectivity index (χ0n) is 21.3. The van der Waals surface area contributed by atoms with Crippen molar-refractivity contribution in [3.63, 3.8) is 0 Å². The molecule has 3 aromatic rings. The molecule has 0 aliphatic rings. The van der Waals surface area contributed by atoms with Crippen molar-refractivity contribution < 1.29 is 4.79 Å². The first-order valence-electron chi connectivity index (χ1n) is 12.4. The number of fused-ring (bicyclic) bond motifs is 1. The molecule has 0 radical (unpaired) electrons. The van der Waals surface area contributed by atoms with E-state index in [2.05, 4.69) is 11.8 Å². The van der Waals surface area contributed by atoms with E-state index in [1.54, 1.807) is 4.57 Å². The summed E-state index contributed by atoms with van der Waals surface area (Å²) < 4.78 is 1.69. The van der Waals surface area contributed by atoms with Gasteiger partial charge in [-0.1, -0.05) is 50.5 Å². The highest BCUT2D eigenvalue weighted by molar-refractivity contribution is 5.79. The molecule has 182 valence electrons. The van der Waals surface area contributed by atoms with Crippen LogP contribution < -0.4 is 5.56 Å². The number of hydrogen-bond donors (Lipinski definition) is 0. The lowest BCUT2D eigenvalue weighted by Gasteiger charge is -2.31. The average Bonchev–Trinajstić information content (AvgIpc) is 2.81. The molecular weight excluding hydrogens is 424 g/mol. The summed E-state index contributed by atoms with van der Waals surface area (Å²) in [7, 11) is 4.01. The van der Waals surface area contributed by atoms with E-state index in [1.807, 2.05) is 81.4 Å². The molecule has 1 unspecified atom stereocenters. The number of likely N-dealkylation sites (N-methyl/N-ethyl adjacent to an activating group) is 1. The first-order valence-corrected chi connectivity index (χ1v) is 12.4.